The molecule has 84 valence electrons. The van der Waals surface area contributed by atoms with Crippen molar-refractivity contribution in [2.75, 3.05) is 33.0 Å². The molecule has 14 heavy (non-hydrogen) atoms. The lowest BCUT2D eigenvalue weighted by molar-refractivity contribution is 0.0163. The molecule has 0 spiro atoms. The van der Waals surface area contributed by atoms with Crippen molar-refractivity contribution in [1.29, 1.82) is 0 Å². The van der Waals surface area contributed by atoms with Crippen LogP contribution in [0.15, 0.2) is 0 Å². The van der Waals surface area contributed by atoms with Gasteiger partial charge in [-0.2, -0.15) is 0 Å². The Labute approximate surface area is 85.4 Å². The van der Waals surface area contributed by atoms with Crippen molar-refractivity contribution < 1.29 is 14.6 Å². The Morgan fingerprint density at radius 3 is 2.79 bits per heavy atom. The first-order valence-corrected chi connectivity index (χ1v) is 5.35. The van der Waals surface area contributed by atoms with E-state index >= 15 is 0 Å². The largest absolute Gasteiger partial charge is 0.396 e. The number of aliphatic hydroxyl groups is 1. The van der Waals surface area contributed by atoms with Crippen LogP contribution >= 0.6 is 0 Å². The summed E-state index contributed by atoms with van der Waals surface area (Å²) in [5.41, 5.74) is 5.69. The van der Waals surface area contributed by atoms with Gasteiger partial charge < -0.3 is 20.3 Å². The smallest absolute Gasteiger partial charge is 0.0618 e. The van der Waals surface area contributed by atoms with Gasteiger partial charge in [0.2, 0.25) is 0 Å². The first-order chi connectivity index (χ1) is 6.83. The highest BCUT2D eigenvalue weighted by Crippen LogP contribution is 2.14. The third-order valence-corrected chi connectivity index (χ3v) is 2.53. The molecule has 1 aliphatic heterocycles. The molecule has 0 amide bonds. The molecule has 1 saturated heterocycles. The number of nitrogens with two attached hydrogens (primary N) is 1. The summed E-state index contributed by atoms with van der Waals surface area (Å²) in [5.74, 6) is 0.630. The molecule has 4 heteroatoms. The highest BCUT2D eigenvalue weighted by molar-refractivity contribution is 4.64. The summed E-state index contributed by atoms with van der Waals surface area (Å²) in [4.78, 5) is 0. The monoisotopic (exact) mass is 203 g/mol. The van der Waals surface area contributed by atoms with Crippen LogP contribution in [0.1, 0.15) is 19.3 Å². The third-order valence-electron chi connectivity index (χ3n) is 2.53. The summed E-state index contributed by atoms with van der Waals surface area (Å²) in [7, 11) is 0. The Bertz CT molecular complexity index is 137. The van der Waals surface area contributed by atoms with Crippen LogP contribution in [0, 0.1) is 5.92 Å². The molecule has 0 aromatic heterocycles. The molecule has 0 aliphatic carbocycles. The van der Waals surface area contributed by atoms with Crippen LogP contribution in [0.5, 0.6) is 0 Å². The van der Waals surface area contributed by atoms with Gasteiger partial charge in [0.1, 0.15) is 0 Å². The van der Waals surface area contributed by atoms with Gasteiger partial charge in [-0.3, -0.25) is 0 Å². The Kier molecular flexibility index (Phi) is 6.10. The Balaban J connectivity index is 1.96. The van der Waals surface area contributed by atoms with E-state index in [1.165, 1.54) is 0 Å². The molecule has 1 aliphatic rings. The Morgan fingerprint density at radius 2 is 2.14 bits per heavy atom. The summed E-state index contributed by atoms with van der Waals surface area (Å²) in [6, 6.07) is -0.0279. The standard InChI is InChI=1S/C10H21NO3/c11-10(1-4-12)8-14-7-9-2-5-13-6-3-9/h9-10,12H,1-8,11H2. The van der Waals surface area contributed by atoms with E-state index in [1.807, 2.05) is 0 Å². The van der Waals surface area contributed by atoms with Crippen LogP contribution in [0.25, 0.3) is 0 Å². The highest BCUT2D eigenvalue weighted by atomic mass is 16.5. The molecule has 1 rings (SSSR count). The Hall–Kier alpha value is -0.160. The fourth-order valence-electron chi connectivity index (χ4n) is 1.55. The molecule has 1 atom stereocenters. The third kappa shape index (κ3) is 4.91. The van der Waals surface area contributed by atoms with Gasteiger partial charge in [0.25, 0.3) is 0 Å². The first kappa shape index (κ1) is 11.9. The van der Waals surface area contributed by atoms with Gasteiger partial charge in [-0.25, -0.2) is 0 Å². The SMILES string of the molecule is NC(CCO)COCC1CCOCC1. The van der Waals surface area contributed by atoms with Crippen LogP contribution in [0.2, 0.25) is 0 Å². The second kappa shape index (κ2) is 7.17. The van der Waals surface area contributed by atoms with E-state index in [0.29, 0.717) is 18.9 Å². The van der Waals surface area contributed by atoms with E-state index in [0.717, 1.165) is 32.7 Å². The van der Waals surface area contributed by atoms with E-state index in [2.05, 4.69) is 0 Å². The normalized spacial score (nSPS) is 21.0. The van der Waals surface area contributed by atoms with Crippen LogP contribution in [-0.4, -0.2) is 44.2 Å². The molecular formula is C10H21NO3. The molecule has 1 fully saturated rings. The van der Waals surface area contributed by atoms with Crippen molar-refractivity contribution in [3.63, 3.8) is 0 Å². The minimum Gasteiger partial charge on any atom is -0.396 e. The summed E-state index contributed by atoms with van der Waals surface area (Å²) >= 11 is 0. The average Bonchev–Trinajstić information content (AvgIpc) is 2.20. The van der Waals surface area contributed by atoms with Gasteiger partial charge in [-0.1, -0.05) is 0 Å². The number of aliphatic hydroxyl groups excluding tert-OH is 1. The van der Waals surface area contributed by atoms with E-state index < -0.39 is 0 Å². The van der Waals surface area contributed by atoms with Crippen LogP contribution in [-0.2, 0) is 9.47 Å². The average molecular weight is 203 g/mol. The number of hydrogen-bond acceptors (Lipinski definition) is 4. The van der Waals surface area contributed by atoms with Gasteiger partial charge in [-0.05, 0) is 25.2 Å². The van der Waals surface area contributed by atoms with E-state index in [-0.39, 0.29) is 12.6 Å². The Morgan fingerprint density at radius 1 is 1.43 bits per heavy atom. The topological polar surface area (TPSA) is 64.7 Å². The van der Waals surface area contributed by atoms with Crippen molar-refractivity contribution in [1.82, 2.24) is 0 Å². The zero-order valence-corrected chi connectivity index (χ0v) is 8.65. The number of ether oxygens (including phenoxy) is 2. The van der Waals surface area contributed by atoms with Gasteiger partial charge in [0, 0.05) is 32.5 Å². The van der Waals surface area contributed by atoms with E-state index in [4.69, 9.17) is 20.3 Å². The molecule has 0 bridgehead atoms. The lowest BCUT2D eigenvalue weighted by Gasteiger charge is -2.22. The maximum atomic E-state index is 8.63. The van der Waals surface area contributed by atoms with E-state index in [9.17, 15) is 0 Å². The zero-order valence-electron chi connectivity index (χ0n) is 8.65. The first-order valence-electron chi connectivity index (χ1n) is 5.35. The predicted molar refractivity (Wildman–Crippen MR) is 54.0 cm³/mol. The van der Waals surface area contributed by atoms with Gasteiger partial charge >= 0.3 is 0 Å². The lowest BCUT2D eigenvalue weighted by atomic mass is 10.0. The molecular weight excluding hydrogens is 182 g/mol. The second-order valence-corrected chi connectivity index (χ2v) is 3.87. The van der Waals surface area contributed by atoms with Gasteiger partial charge in [-0.15, -0.1) is 0 Å². The van der Waals surface area contributed by atoms with Gasteiger partial charge in [0.05, 0.1) is 6.61 Å². The van der Waals surface area contributed by atoms with Crippen molar-refractivity contribution >= 4 is 0 Å². The highest BCUT2D eigenvalue weighted by Gasteiger charge is 2.14. The van der Waals surface area contributed by atoms with Crippen molar-refractivity contribution in [3.05, 3.63) is 0 Å². The zero-order chi connectivity index (χ0) is 10.2. The minimum atomic E-state index is -0.0279. The van der Waals surface area contributed by atoms with Crippen LogP contribution in [0.3, 0.4) is 0 Å². The maximum Gasteiger partial charge on any atom is 0.0618 e. The molecule has 1 heterocycles. The summed E-state index contributed by atoms with van der Waals surface area (Å²) in [6.45, 7) is 3.19. The van der Waals surface area contributed by atoms with Crippen molar-refractivity contribution in [3.8, 4) is 0 Å². The molecule has 1 unspecified atom stereocenters. The second-order valence-electron chi connectivity index (χ2n) is 3.87. The van der Waals surface area contributed by atoms with Gasteiger partial charge in [0.15, 0.2) is 0 Å². The number of rotatable bonds is 6. The quantitative estimate of drug-likeness (QED) is 0.644. The predicted octanol–water partition coefficient (Wildman–Crippen LogP) is 0.139. The maximum absolute atomic E-state index is 8.63. The molecule has 0 radical (unpaired) electrons. The van der Waals surface area contributed by atoms with Crippen molar-refractivity contribution in [2.24, 2.45) is 11.7 Å². The fourth-order valence-corrected chi connectivity index (χ4v) is 1.55. The van der Waals surface area contributed by atoms with Crippen LogP contribution < -0.4 is 5.73 Å². The molecule has 3 N–H and O–H groups in total. The lowest BCUT2D eigenvalue weighted by Crippen LogP contribution is -2.29. The minimum absolute atomic E-state index is 0.0279. The van der Waals surface area contributed by atoms with E-state index in [1.54, 1.807) is 0 Å². The van der Waals surface area contributed by atoms with Crippen LogP contribution in [0.4, 0.5) is 0 Å². The summed E-state index contributed by atoms with van der Waals surface area (Å²) < 4.78 is 10.7. The fraction of sp³-hybridized carbons (Fsp3) is 1.00. The summed E-state index contributed by atoms with van der Waals surface area (Å²) in [5, 5.41) is 8.63. The molecule has 0 aromatic carbocycles. The number of hydrogen-bond donors (Lipinski definition) is 2. The molecule has 4 nitrogen and oxygen atoms in total. The molecule has 0 aromatic rings. The summed E-state index contributed by atoms with van der Waals surface area (Å²) in [6.07, 6.45) is 2.80. The van der Waals surface area contributed by atoms with Crippen molar-refractivity contribution in [2.45, 2.75) is 25.3 Å². The molecule has 0 saturated carbocycles.